The molecule has 0 amide bonds. The van der Waals surface area contributed by atoms with Crippen molar-refractivity contribution >= 4 is 16.7 Å². The molecule has 21 heavy (non-hydrogen) atoms. The molecule has 0 aliphatic heterocycles. The standard InChI is InChI=1S/C17H18FN3/c1-2-10-21-16-9-8-13(18)11-15(16)20-17(21)12-19-14-6-4-3-5-7-14/h3-9,11,19H,2,10,12H2,1H3. The van der Waals surface area contributed by atoms with Crippen LogP contribution in [0.1, 0.15) is 19.2 Å². The molecule has 0 radical (unpaired) electrons. The van der Waals surface area contributed by atoms with Gasteiger partial charge in [0, 0.05) is 18.3 Å². The summed E-state index contributed by atoms with van der Waals surface area (Å²) in [7, 11) is 0. The van der Waals surface area contributed by atoms with Gasteiger partial charge in [0.1, 0.15) is 11.6 Å². The highest BCUT2D eigenvalue weighted by molar-refractivity contribution is 5.76. The average Bonchev–Trinajstić information content (AvgIpc) is 2.84. The molecule has 0 aliphatic carbocycles. The van der Waals surface area contributed by atoms with Gasteiger partial charge in [-0.1, -0.05) is 25.1 Å². The summed E-state index contributed by atoms with van der Waals surface area (Å²) in [5.74, 6) is 0.688. The summed E-state index contributed by atoms with van der Waals surface area (Å²) in [6.45, 7) is 3.64. The first-order valence-electron chi connectivity index (χ1n) is 7.21. The van der Waals surface area contributed by atoms with Gasteiger partial charge in [0.25, 0.3) is 0 Å². The molecule has 1 heterocycles. The van der Waals surface area contributed by atoms with Crippen LogP contribution < -0.4 is 5.32 Å². The second-order valence-electron chi connectivity index (χ2n) is 5.03. The van der Waals surface area contributed by atoms with Gasteiger partial charge in [0.2, 0.25) is 0 Å². The molecule has 3 rings (SSSR count). The third-order valence-electron chi connectivity index (χ3n) is 3.46. The number of anilines is 1. The van der Waals surface area contributed by atoms with Crippen LogP contribution >= 0.6 is 0 Å². The van der Waals surface area contributed by atoms with Crippen molar-refractivity contribution in [3.63, 3.8) is 0 Å². The van der Waals surface area contributed by atoms with Crippen LogP contribution in [0, 0.1) is 5.82 Å². The monoisotopic (exact) mass is 283 g/mol. The van der Waals surface area contributed by atoms with E-state index in [9.17, 15) is 4.39 Å². The highest BCUT2D eigenvalue weighted by Gasteiger charge is 2.10. The fourth-order valence-corrected chi connectivity index (χ4v) is 2.50. The summed E-state index contributed by atoms with van der Waals surface area (Å²) in [6.07, 6.45) is 1.02. The van der Waals surface area contributed by atoms with E-state index in [-0.39, 0.29) is 5.82 Å². The third kappa shape index (κ3) is 2.89. The summed E-state index contributed by atoms with van der Waals surface area (Å²) >= 11 is 0. The van der Waals surface area contributed by atoms with Crippen LogP contribution in [0.2, 0.25) is 0 Å². The van der Waals surface area contributed by atoms with Crippen LogP contribution in [0.3, 0.4) is 0 Å². The van der Waals surface area contributed by atoms with E-state index in [1.54, 1.807) is 6.07 Å². The average molecular weight is 283 g/mol. The molecule has 3 aromatic rings. The zero-order chi connectivity index (χ0) is 14.7. The molecule has 108 valence electrons. The van der Waals surface area contributed by atoms with Crippen LogP contribution in [-0.4, -0.2) is 9.55 Å². The van der Waals surface area contributed by atoms with Gasteiger partial charge >= 0.3 is 0 Å². The Hall–Kier alpha value is -2.36. The van der Waals surface area contributed by atoms with Crippen molar-refractivity contribution in [3.05, 3.63) is 60.2 Å². The van der Waals surface area contributed by atoms with Crippen molar-refractivity contribution in [2.24, 2.45) is 0 Å². The maximum Gasteiger partial charge on any atom is 0.129 e. The Kier molecular flexibility index (Phi) is 3.86. The maximum absolute atomic E-state index is 13.3. The molecule has 0 aliphatic rings. The van der Waals surface area contributed by atoms with Gasteiger partial charge in [0.15, 0.2) is 0 Å². The third-order valence-corrected chi connectivity index (χ3v) is 3.46. The van der Waals surface area contributed by atoms with Gasteiger partial charge in [-0.3, -0.25) is 0 Å². The van der Waals surface area contributed by atoms with E-state index in [1.807, 2.05) is 30.3 Å². The lowest BCUT2D eigenvalue weighted by Gasteiger charge is -2.09. The number of hydrogen-bond donors (Lipinski definition) is 1. The zero-order valence-electron chi connectivity index (χ0n) is 12.0. The number of imidazole rings is 1. The quantitative estimate of drug-likeness (QED) is 0.760. The number of halogens is 1. The van der Waals surface area contributed by atoms with Crippen LogP contribution in [-0.2, 0) is 13.1 Å². The first-order valence-corrected chi connectivity index (χ1v) is 7.21. The normalized spacial score (nSPS) is 11.0. The van der Waals surface area contributed by atoms with E-state index < -0.39 is 0 Å². The first-order chi connectivity index (χ1) is 10.3. The molecule has 3 nitrogen and oxygen atoms in total. The number of rotatable bonds is 5. The van der Waals surface area contributed by atoms with Gasteiger partial charge in [0.05, 0.1) is 17.6 Å². The fourth-order valence-electron chi connectivity index (χ4n) is 2.50. The SMILES string of the molecule is CCCn1c(CNc2ccccc2)nc2cc(F)ccc21. The molecular weight excluding hydrogens is 265 g/mol. The van der Waals surface area contributed by atoms with Crippen LogP contribution in [0.15, 0.2) is 48.5 Å². The molecule has 1 N–H and O–H groups in total. The number of aryl methyl sites for hydroxylation is 1. The summed E-state index contributed by atoms with van der Waals surface area (Å²) in [6, 6.07) is 14.8. The summed E-state index contributed by atoms with van der Waals surface area (Å²) in [5.41, 5.74) is 2.76. The van der Waals surface area contributed by atoms with E-state index >= 15 is 0 Å². The van der Waals surface area contributed by atoms with Gasteiger partial charge in [-0.15, -0.1) is 0 Å². The molecule has 1 aromatic heterocycles. The largest absolute Gasteiger partial charge is 0.378 e. The van der Waals surface area contributed by atoms with Crippen molar-refractivity contribution in [3.8, 4) is 0 Å². The maximum atomic E-state index is 13.3. The van der Waals surface area contributed by atoms with Gasteiger partial charge in [-0.2, -0.15) is 0 Å². The van der Waals surface area contributed by atoms with Gasteiger partial charge < -0.3 is 9.88 Å². The number of benzene rings is 2. The van der Waals surface area contributed by atoms with E-state index in [0.717, 1.165) is 30.0 Å². The Morgan fingerprint density at radius 1 is 1.14 bits per heavy atom. The van der Waals surface area contributed by atoms with Gasteiger partial charge in [-0.25, -0.2) is 9.37 Å². The Balaban J connectivity index is 1.91. The molecule has 0 saturated heterocycles. The van der Waals surface area contributed by atoms with Crippen molar-refractivity contribution in [1.82, 2.24) is 9.55 Å². The minimum atomic E-state index is -0.244. The molecule has 0 bridgehead atoms. The smallest absolute Gasteiger partial charge is 0.129 e. The van der Waals surface area contributed by atoms with Crippen LogP contribution in [0.5, 0.6) is 0 Å². The van der Waals surface area contributed by atoms with Crippen molar-refractivity contribution in [2.75, 3.05) is 5.32 Å². The molecule has 4 heteroatoms. The summed E-state index contributed by atoms with van der Waals surface area (Å²) < 4.78 is 15.5. The predicted octanol–water partition coefficient (Wildman–Crippen LogP) is 4.20. The van der Waals surface area contributed by atoms with Gasteiger partial charge in [-0.05, 0) is 30.7 Å². The molecule has 0 unspecified atom stereocenters. The van der Waals surface area contributed by atoms with Crippen molar-refractivity contribution < 1.29 is 4.39 Å². The molecule has 0 saturated carbocycles. The Morgan fingerprint density at radius 3 is 2.71 bits per heavy atom. The summed E-state index contributed by atoms with van der Waals surface area (Å²) in [4.78, 5) is 4.57. The number of aromatic nitrogens is 2. The fraction of sp³-hybridized carbons (Fsp3) is 0.235. The molecular formula is C17H18FN3. The number of para-hydroxylation sites is 1. The lowest BCUT2D eigenvalue weighted by molar-refractivity contribution is 0.629. The lowest BCUT2D eigenvalue weighted by Crippen LogP contribution is -2.08. The van der Waals surface area contributed by atoms with Crippen LogP contribution in [0.4, 0.5) is 10.1 Å². The minimum Gasteiger partial charge on any atom is -0.378 e. The Bertz CT molecular complexity index is 734. The Labute approximate surface area is 123 Å². The number of hydrogen-bond acceptors (Lipinski definition) is 2. The number of fused-ring (bicyclic) bond motifs is 1. The zero-order valence-corrected chi connectivity index (χ0v) is 12.0. The Morgan fingerprint density at radius 2 is 1.95 bits per heavy atom. The molecule has 0 fully saturated rings. The summed E-state index contributed by atoms with van der Waals surface area (Å²) in [5, 5.41) is 3.36. The highest BCUT2D eigenvalue weighted by Crippen LogP contribution is 2.19. The topological polar surface area (TPSA) is 29.9 Å². The van der Waals surface area contributed by atoms with E-state index in [4.69, 9.17) is 0 Å². The second kappa shape index (κ2) is 5.95. The minimum absolute atomic E-state index is 0.244. The molecule has 0 spiro atoms. The first kappa shape index (κ1) is 13.6. The van der Waals surface area contributed by atoms with E-state index in [0.29, 0.717) is 12.1 Å². The number of nitrogens with one attached hydrogen (secondary N) is 1. The number of nitrogens with zero attached hydrogens (tertiary/aromatic N) is 2. The lowest BCUT2D eigenvalue weighted by atomic mass is 10.3. The van der Waals surface area contributed by atoms with Crippen molar-refractivity contribution in [2.45, 2.75) is 26.4 Å². The second-order valence-corrected chi connectivity index (χ2v) is 5.03. The predicted molar refractivity (Wildman–Crippen MR) is 83.8 cm³/mol. The molecule has 0 atom stereocenters. The van der Waals surface area contributed by atoms with Crippen LogP contribution in [0.25, 0.3) is 11.0 Å². The van der Waals surface area contributed by atoms with Crippen molar-refractivity contribution in [1.29, 1.82) is 0 Å². The highest BCUT2D eigenvalue weighted by atomic mass is 19.1. The van der Waals surface area contributed by atoms with E-state index in [1.165, 1.54) is 12.1 Å². The molecule has 2 aromatic carbocycles. The van der Waals surface area contributed by atoms with E-state index in [2.05, 4.69) is 21.8 Å².